The van der Waals surface area contributed by atoms with Crippen molar-refractivity contribution in [2.45, 2.75) is 141 Å². The fourth-order valence-electron chi connectivity index (χ4n) is 3.50. The van der Waals surface area contributed by atoms with E-state index in [9.17, 15) is 0 Å². The molecule has 0 amide bonds. The standard InChI is InChI=1S/C24H49O2.Li/c1-4-7-10-12-14-16-19-22-25-24(21-18-9-6-3)26-23-20-17-15-13-11-8-5-2;/h24H,3-23H2,1-2H3;. The molecule has 0 fully saturated rings. The van der Waals surface area contributed by atoms with Crippen LogP contribution in [0, 0.1) is 0 Å². The van der Waals surface area contributed by atoms with Crippen LogP contribution in [0.5, 0.6) is 0 Å². The second-order valence-corrected chi connectivity index (χ2v) is 8.26. The van der Waals surface area contributed by atoms with Crippen LogP contribution in [-0.2, 0) is 9.47 Å². The molecule has 0 saturated carbocycles. The zero-order chi connectivity index (χ0) is 19.8. The molecular weight excluding hydrogens is 327 g/mol. The van der Waals surface area contributed by atoms with Crippen molar-refractivity contribution in [1.29, 1.82) is 0 Å². The molecule has 0 aromatic heterocycles. The van der Waals surface area contributed by atoms with Gasteiger partial charge in [0.1, 0.15) is 0 Å². The van der Waals surface area contributed by atoms with E-state index < -0.39 is 0 Å². The molecule has 158 valence electrons. The van der Waals surface area contributed by atoms with Crippen LogP contribution in [0.25, 0.3) is 0 Å². The third-order valence-electron chi connectivity index (χ3n) is 5.40. The van der Waals surface area contributed by atoms with Crippen molar-refractivity contribution in [1.82, 2.24) is 0 Å². The van der Waals surface area contributed by atoms with Crippen LogP contribution in [0.3, 0.4) is 0 Å². The molecule has 0 N–H and O–H groups in total. The van der Waals surface area contributed by atoms with Crippen LogP contribution in [0.1, 0.15) is 129 Å². The average molecular weight is 377 g/mol. The molecule has 0 bridgehead atoms. The van der Waals surface area contributed by atoms with Gasteiger partial charge in [-0.3, -0.25) is 0 Å². The first-order valence-electron chi connectivity index (χ1n) is 12.6. The van der Waals surface area contributed by atoms with Gasteiger partial charge in [0.25, 0.3) is 0 Å². The van der Waals surface area contributed by atoms with Crippen LogP contribution in [0.4, 0.5) is 0 Å². The topological polar surface area (TPSA) is 18.5 Å². The predicted molar refractivity (Wildman–Crippen MR) is 121 cm³/mol. The summed E-state index contributed by atoms with van der Waals surface area (Å²) in [6.07, 6.45) is 23.8. The molecule has 0 atom stereocenters. The monoisotopic (exact) mass is 376 g/mol. The Bertz CT molecular complexity index is 241. The second-order valence-electron chi connectivity index (χ2n) is 8.26. The molecule has 3 heteroatoms. The van der Waals surface area contributed by atoms with Crippen molar-refractivity contribution in [2.75, 3.05) is 13.2 Å². The van der Waals surface area contributed by atoms with Crippen LogP contribution < -0.4 is 0 Å². The summed E-state index contributed by atoms with van der Waals surface area (Å²) in [5.74, 6) is 0. The summed E-state index contributed by atoms with van der Waals surface area (Å²) >= 11 is 2.27. The first kappa shape index (κ1) is 27.5. The van der Waals surface area contributed by atoms with Crippen molar-refractivity contribution in [3.63, 3.8) is 0 Å². The van der Waals surface area contributed by atoms with Gasteiger partial charge < -0.3 is 0 Å². The van der Waals surface area contributed by atoms with Crippen LogP contribution in [0.15, 0.2) is 0 Å². The molecule has 0 spiro atoms. The summed E-state index contributed by atoms with van der Waals surface area (Å²) in [6.45, 7) is 6.31. The van der Waals surface area contributed by atoms with Crippen LogP contribution in [0.2, 0.25) is 5.09 Å². The van der Waals surface area contributed by atoms with Gasteiger partial charge in [-0.25, -0.2) is 0 Å². The van der Waals surface area contributed by atoms with E-state index in [2.05, 4.69) is 31.6 Å². The first-order chi connectivity index (χ1) is 13.3. The Labute approximate surface area is 181 Å². The summed E-state index contributed by atoms with van der Waals surface area (Å²) < 4.78 is 12.2. The molecule has 0 aromatic carbocycles. The van der Waals surface area contributed by atoms with Gasteiger partial charge in [0.05, 0.1) is 0 Å². The molecule has 0 aliphatic carbocycles. The molecule has 0 aliphatic heterocycles. The Hall–Kier alpha value is 0.517. The summed E-state index contributed by atoms with van der Waals surface area (Å²) in [4.78, 5) is 0. The maximum absolute atomic E-state index is 6.09. The molecule has 0 aliphatic rings. The molecular formula is C24H49LiO2. The molecule has 0 aromatic rings. The second kappa shape index (κ2) is 24.6. The van der Waals surface area contributed by atoms with Crippen molar-refractivity contribution in [3.8, 4) is 0 Å². The average Bonchev–Trinajstić information content (AvgIpc) is 2.68. The van der Waals surface area contributed by atoms with Crippen LogP contribution in [-0.4, -0.2) is 37.2 Å². The number of hydrogen-bond acceptors (Lipinski definition) is 2. The molecule has 0 unspecified atom stereocenters. The number of rotatable bonds is 23. The SMILES string of the molecule is [Li][CH2]CCCCC(OCCCCCCCCC)OCCCCCCCCC. The molecule has 0 heterocycles. The van der Waals surface area contributed by atoms with Gasteiger partial charge in [0.2, 0.25) is 0 Å². The van der Waals surface area contributed by atoms with Gasteiger partial charge in [-0.05, 0) is 0 Å². The summed E-state index contributed by atoms with van der Waals surface area (Å²) in [7, 11) is 0. The van der Waals surface area contributed by atoms with E-state index in [1.807, 2.05) is 0 Å². The molecule has 0 saturated heterocycles. The molecule has 0 rings (SSSR count). The summed E-state index contributed by atoms with van der Waals surface area (Å²) in [5.41, 5.74) is 0. The van der Waals surface area contributed by atoms with Gasteiger partial charge in [-0.2, -0.15) is 0 Å². The van der Waals surface area contributed by atoms with E-state index in [0.29, 0.717) is 0 Å². The summed E-state index contributed by atoms with van der Waals surface area (Å²) in [5, 5.41) is 1.29. The van der Waals surface area contributed by atoms with E-state index in [1.165, 1.54) is 114 Å². The normalized spacial score (nSPS) is 11.6. The van der Waals surface area contributed by atoms with Crippen LogP contribution >= 0.6 is 0 Å². The van der Waals surface area contributed by atoms with Gasteiger partial charge in [0.15, 0.2) is 0 Å². The molecule has 2 nitrogen and oxygen atoms in total. The minimum atomic E-state index is 0.0436. The van der Waals surface area contributed by atoms with E-state index in [1.54, 1.807) is 0 Å². The predicted octanol–water partition coefficient (Wildman–Crippen LogP) is 7.99. The minimum absolute atomic E-state index is 0.0436. The van der Waals surface area contributed by atoms with Crippen molar-refractivity contribution >= 4 is 17.7 Å². The quantitative estimate of drug-likeness (QED) is 0.102. The van der Waals surface area contributed by atoms with Gasteiger partial charge >= 0.3 is 129 Å². The van der Waals surface area contributed by atoms with Crippen molar-refractivity contribution in [2.24, 2.45) is 0 Å². The van der Waals surface area contributed by atoms with E-state index in [4.69, 9.17) is 9.47 Å². The van der Waals surface area contributed by atoms with Gasteiger partial charge in [-0.1, -0.05) is 52.4 Å². The van der Waals surface area contributed by atoms with Gasteiger partial charge in [-0.15, -0.1) is 0 Å². The van der Waals surface area contributed by atoms with E-state index in [0.717, 1.165) is 19.6 Å². The van der Waals surface area contributed by atoms with E-state index >= 15 is 0 Å². The van der Waals surface area contributed by atoms with Gasteiger partial charge in [0, 0.05) is 0 Å². The third-order valence-corrected chi connectivity index (χ3v) is 5.40. The zero-order valence-corrected chi connectivity index (χ0v) is 19.2. The summed E-state index contributed by atoms with van der Waals surface area (Å²) in [6, 6.07) is 0. The third kappa shape index (κ3) is 22.7. The Morgan fingerprint density at radius 3 is 1.37 bits per heavy atom. The zero-order valence-electron chi connectivity index (χ0n) is 19.2. The van der Waals surface area contributed by atoms with E-state index in [-0.39, 0.29) is 6.29 Å². The smallest absolute Gasteiger partial charge is 0.0654 e. The Morgan fingerprint density at radius 1 is 0.519 bits per heavy atom. The Balaban J connectivity index is 3.70. The fourth-order valence-corrected chi connectivity index (χ4v) is 3.50. The minimum Gasteiger partial charge on any atom is -0.0654 e. The fraction of sp³-hybridized carbons (Fsp3) is 1.00. The van der Waals surface area contributed by atoms with Crippen molar-refractivity contribution in [3.05, 3.63) is 0 Å². The number of hydrogen-bond donors (Lipinski definition) is 0. The maximum atomic E-state index is 6.09. The molecule has 0 radical (unpaired) electrons. The molecule has 27 heavy (non-hydrogen) atoms. The number of ether oxygens (including phenoxy) is 2. The van der Waals surface area contributed by atoms with Crippen molar-refractivity contribution < 1.29 is 9.47 Å². The first-order valence-corrected chi connectivity index (χ1v) is 12.6. The Kier molecular flexibility index (Phi) is 25.0. The number of unbranched alkanes of at least 4 members (excludes halogenated alkanes) is 14. The Morgan fingerprint density at radius 2 is 0.926 bits per heavy atom.